The van der Waals surface area contributed by atoms with Crippen LogP contribution in [-0.2, 0) is 6.42 Å². The molecule has 0 radical (unpaired) electrons. The van der Waals surface area contributed by atoms with Gasteiger partial charge >= 0.3 is 0 Å². The zero-order chi connectivity index (χ0) is 15.1. The zero-order valence-electron chi connectivity index (χ0n) is 12.0. The molecule has 0 spiro atoms. The van der Waals surface area contributed by atoms with E-state index in [1.165, 1.54) is 0 Å². The molecular weight excluding hydrogens is 264 g/mol. The summed E-state index contributed by atoms with van der Waals surface area (Å²) in [5, 5.41) is 13.7. The first-order valence-electron chi connectivity index (χ1n) is 6.82. The fraction of sp³-hybridized carbons (Fsp3) is 0.188. The lowest BCUT2D eigenvalue weighted by molar-refractivity contribution is 0.102. The Morgan fingerprint density at radius 1 is 1.24 bits per heavy atom. The van der Waals surface area contributed by atoms with E-state index in [1.807, 2.05) is 31.2 Å². The maximum atomic E-state index is 12.2. The quantitative estimate of drug-likeness (QED) is 0.799. The monoisotopic (exact) mass is 282 g/mol. The molecule has 21 heavy (non-hydrogen) atoms. The molecule has 0 saturated heterocycles. The smallest absolute Gasteiger partial charge is 0.276 e. The number of rotatable bonds is 6. The molecule has 1 aromatic carbocycles. The molecule has 0 fully saturated rings. The number of amides is 1. The molecular formula is C16H18N4O. The van der Waals surface area contributed by atoms with Crippen molar-refractivity contribution in [2.75, 3.05) is 17.2 Å². The van der Waals surface area contributed by atoms with Crippen LogP contribution >= 0.6 is 0 Å². The van der Waals surface area contributed by atoms with Crippen molar-refractivity contribution in [1.82, 2.24) is 10.2 Å². The van der Waals surface area contributed by atoms with Crippen molar-refractivity contribution < 1.29 is 4.79 Å². The lowest BCUT2D eigenvalue weighted by Crippen LogP contribution is -2.16. The highest BCUT2D eigenvalue weighted by Crippen LogP contribution is 2.16. The van der Waals surface area contributed by atoms with Crippen molar-refractivity contribution in [2.45, 2.75) is 13.3 Å². The number of benzene rings is 1. The lowest BCUT2D eigenvalue weighted by Gasteiger charge is -2.09. The number of aromatic nitrogens is 2. The molecule has 0 aliphatic carbocycles. The fourth-order valence-electron chi connectivity index (χ4n) is 1.86. The Labute approximate surface area is 124 Å². The third-order valence-electron chi connectivity index (χ3n) is 2.97. The fourth-order valence-corrected chi connectivity index (χ4v) is 1.86. The highest BCUT2D eigenvalue weighted by molar-refractivity contribution is 6.03. The molecule has 2 N–H and O–H groups in total. The van der Waals surface area contributed by atoms with Crippen molar-refractivity contribution >= 4 is 17.4 Å². The van der Waals surface area contributed by atoms with Crippen LogP contribution in [0.4, 0.5) is 11.5 Å². The zero-order valence-corrected chi connectivity index (χ0v) is 12.0. The van der Waals surface area contributed by atoms with Gasteiger partial charge in [0, 0.05) is 12.2 Å². The Bertz CT molecular complexity index is 622. The molecule has 0 saturated carbocycles. The minimum absolute atomic E-state index is 0.265. The molecule has 108 valence electrons. The van der Waals surface area contributed by atoms with E-state index in [0.717, 1.165) is 17.7 Å². The van der Waals surface area contributed by atoms with Gasteiger partial charge in [0.2, 0.25) is 0 Å². The van der Waals surface area contributed by atoms with Crippen LogP contribution in [0.2, 0.25) is 0 Å². The summed E-state index contributed by atoms with van der Waals surface area (Å²) in [5.41, 5.74) is 2.17. The molecule has 0 atom stereocenters. The molecule has 5 heteroatoms. The van der Waals surface area contributed by atoms with Crippen molar-refractivity contribution in [2.24, 2.45) is 0 Å². The third-order valence-corrected chi connectivity index (χ3v) is 2.97. The lowest BCUT2D eigenvalue weighted by atomic mass is 10.1. The molecule has 1 amide bonds. The molecule has 2 rings (SSSR count). The van der Waals surface area contributed by atoms with Gasteiger partial charge in [-0.05, 0) is 30.2 Å². The third kappa shape index (κ3) is 3.89. The first kappa shape index (κ1) is 14.7. The summed E-state index contributed by atoms with van der Waals surface area (Å²) in [7, 11) is 0. The summed E-state index contributed by atoms with van der Waals surface area (Å²) >= 11 is 0. The van der Waals surface area contributed by atoms with Gasteiger partial charge in [-0.3, -0.25) is 4.79 Å². The average molecular weight is 282 g/mol. The van der Waals surface area contributed by atoms with Crippen LogP contribution in [0.15, 0.2) is 49.1 Å². The number of para-hydroxylation sites is 1. The molecule has 1 heterocycles. The van der Waals surface area contributed by atoms with E-state index in [-0.39, 0.29) is 11.6 Å². The van der Waals surface area contributed by atoms with Gasteiger partial charge in [0.05, 0.1) is 0 Å². The maximum Gasteiger partial charge on any atom is 0.276 e. The summed E-state index contributed by atoms with van der Waals surface area (Å²) in [6.45, 7) is 6.26. The Morgan fingerprint density at radius 3 is 2.71 bits per heavy atom. The van der Waals surface area contributed by atoms with Gasteiger partial charge in [-0.1, -0.05) is 31.2 Å². The number of nitrogens with zero attached hydrogens (tertiary/aromatic N) is 2. The van der Waals surface area contributed by atoms with Crippen LogP contribution in [0.1, 0.15) is 23.0 Å². The Morgan fingerprint density at radius 2 is 2.05 bits per heavy atom. The first-order chi connectivity index (χ1) is 10.2. The van der Waals surface area contributed by atoms with Crippen LogP contribution < -0.4 is 10.6 Å². The van der Waals surface area contributed by atoms with Crippen LogP contribution in [-0.4, -0.2) is 22.6 Å². The van der Waals surface area contributed by atoms with Crippen molar-refractivity contribution in [3.05, 3.63) is 60.3 Å². The van der Waals surface area contributed by atoms with Gasteiger partial charge in [0.15, 0.2) is 5.69 Å². The molecule has 0 aliphatic rings. The second kappa shape index (κ2) is 7.19. The highest BCUT2D eigenvalue weighted by atomic mass is 16.1. The van der Waals surface area contributed by atoms with Crippen molar-refractivity contribution in [1.29, 1.82) is 0 Å². The van der Waals surface area contributed by atoms with Gasteiger partial charge in [-0.15, -0.1) is 16.8 Å². The number of hydrogen-bond acceptors (Lipinski definition) is 4. The Kier molecular flexibility index (Phi) is 5.04. The van der Waals surface area contributed by atoms with Gasteiger partial charge in [0.1, 0.15) is 5.82 Å². The highest BCUT2D eigenvalue weighted by Gasteiger charge is 2.10. The van der Waals surface area contributed by atoms with E-state index in [1.54, 1.807) is 18.2 Å². The Balaban J connectivity index is 2.07. The molecule has 2 aromatic rings. The molecule has 1 aromatic heterocycles. The van der Waals surface area contributed by atoms with Crippen LogP contribution in [0.3, 0.4) is 0 Å². The van der Waals surface area contributed by atoms with Crippen LogP contribution in [0.25, 0.3) is 0 Å². The number of carbonyl (C=O) groups is 1. The average Bonchev–Trinajstić information content (AvgIpc) is 2.54. The summed E-state index contributed by atoms with van der Waals surface area (Å²) in [6.07, 6.45) is 2.58. The Hall–Kier alpha value is -2.69. The standard InChI is InChI=1S/C16H18N4O/c1-3-11-17-15-10-9-14(19-20-15)16(21)18-13-8-6-5-7-12(13)4-2/h3,5-10H,1,4,11H2,2H3,(H,17,20)(H,18,21). The largest absolute Gasteiger partial charge is 0.365 e. The van der Waals surface area contributed by atoms with Gasteiger partial charge in [0.25, 0.3) is 5.91 Å². The normalized spacial score (nSPS) is 9.95. The van der Waals surface area contributed by atoms with Crippen LogP contribution in [0, 0.1) is 0 Å². The van der Waals surface area contributed by atoms with Gasteiger partial charge in [-0.25, -0.2) is 0 Å². The SMILES string of the molecule is C=CCNc1ccc(C(=O)Nc2ccccc2CC)nn1. The second-order valence-corrected chi connectivity index (χ2v) is 4.44. The van der Waals surface area contributed by atoms with Crippen molar-refractivity contribution in [3.63, 3.8) is 0 Å². The summed E-state index contributed by atoms with van der Waals surface area (Å²) in [6, 6.07) is 11.1. The number of anilines is 2. The molecule has 0 unspecified atom stereocenters. The minimum atomic E-state index is -0.265. The summed E-state index contributed by atoms with van der Waals surface area (Å²) in [5.74, 6) is 0.346. The predicted molar refractivity (Wildman–Crippen MR) is 84.5 cm³/mol. The van der Waals surface area contributed by atoms with E-state index in [0.29, 0.717) is 12.4 Å². The van der Waals surface area contributed by atoms with E-state index < -0.39 is 0 Å². The van der Waals surface area contributed by atoms with E-state index in [9.17, 15) is 4.79 Å². The minimum Gasteiger partial charge on any atom is -0.365 e. The van der Waals surface area contributed by atoms with Gasteiger partial charge < -0.3 is 10.6 Å². The first-order valence-corrected chi connectivity index (χ1v) is 6.82. The number of hydrogen-bond donors (Lipinski definition) is 2. The topological polar surface area (TPSA) is 66.9 Å². The van der Waals surface area contributed by atoms with E-state index >= 15 is 0 Å². The van der Waals surface area contributed by atoms with Crippen LogP contribution in [0.5, 0.6) is 0 Å². The number of nitrogens with one attached hydrogen (secondary N) is 2. The summed E-state index contributed by atoms with van der Waals surface area (Å²) < 4.78 is 0. The molecule has 0 bridgehead atoms. The van der Waals surface area contributed by atoms with Gasteiger partial charge in [-0.2, -0.15) is 0 Å². The summed E-state index contributed by atoms with van der Waals surface area (Å²) in [4.78, 5) is 12.2. The van der Waals surface area contributed by atoms with E-state index in [2.05, 4.69) is 27.4 Å². The molecule has 5 nitrogen and oxygen atoms in total. The number of aryl methyl sites for hydroxylation is 1. The van der Waals surface area contributed by atoms with Crippen molar-refractivity contribution in [3.8, 4) is 0 Å². The second-order valence-electron chi connectivity index (χ2n) is 4.44. The maximum absolute atomic E-state index is 12.2. The predicted octanol–water partition coefficient (Wildman–Crippen LogP) is 2.89. The van der Waals surface area contributed by atoms with E-state index in [4.69, 9.17) is 0 Å². The number of carbonyl (C=O) groups excluding carboxylic acids is 1. The molecule has 0 aliphatic heterocycles.